The first kappa shape index (κ1) is 26.7. The lowest BCUT2D eigenvalue weighted by molar-refractivity contribution is 0.103. The highest BCUT2D eigenvalue weighted by Gasteiger charge is 2.22. The number of rotatable bonds is 7. The van der Waals surface area contributed by atoms with Crippen LogP contribution in [-0.2, 0) is 10.0 Å². The number of ketones is 1. The predicted molar refractivity (Wildman–Crippen MR) is 142 cm³/mol. The molecule has 10 nitrogen and oxygen atoms in total. The number of H-pyrrole nitrogens is 1. The van der Waals surface area contributed by atoms with Gasteiger partial charge in [-0.3, -0.25) is 9.52 Å². The second-order valence-electron chi connectivity index (χ2n) is 9.08. The SMILES string of the molecule is Cc1cc(Oc2cc(F)cc(F)c2)nc(C)c1-n1ncc(C(=O)c2cc3cc(F)c(NS(C)(=O)=O)cc3[nH]2)c1N. The highest BCUT2D eigenvalue weighted by atomic mass is 32.2. The molecule has 0 atom stereocenters. The molecule has 4 N–H and O–H groups in total. The molecule has 206 valence electrons. The number of aromatic amines is 1. The Hall–Kier alpha value is -4.85. The molecule has 5 aromatic rings. The molecule has 3 heterocycles. The van der Waals surface area contributed by atoms with Crippen molar-refractivity contribution in [2.75, 3.05) is 16.7 Å². The maximum absolute atomic E-state index is 14.4. The number of aryl methyl sites for hydroxylation is 2. The van der Waals surface area contributed by atoms with Crippen molar-refractivity contribution < 1.29 is 31.1 Å². The summed E-state index contributed by atoms with van der Waals surface area (Å²) in [5.74, 6) is -2.92. The van der Waals surface area contributed by atoms with Crippen molar-refractivity contribution in [3.05, 3.63) is 88.6 Å². The van der Waals surface area contributed by atoms with Gasteiger partial charge in [0, 0.05) is 35.2 Å². The van der Waals surface area contributed by atoms with E-state index >= 15 is 0 Å². The summed E-state index contributed by atoms with van der Waals surface area (Å²) in [6, 6.07) is 8.06. The minimum absolute atomic E-state index is 0.00291. The fourth-order valence-corrected chi connectivity index (χ4v) is 4.84. The molecule has 0 unspecified atom stereocenters. The molecule has 40 heavy (non-hydrogen) atoms. The summed E-state index contributed by atoms with van der Waals surface area (Å²) >= 11 is 0. The van der Waals surface area contributed by atoms with Gasteiger partial charge in [0.1, 0.15) is 29.0 Å². The van der Waals surface area contributed by atoms with Crippen molar-refractivity contribution in [1.82, 2.24) is 19.7 Å². The van der Waals surface area contributed by atoms with Gasteiger partial charge in [0.05, 0.1) is 40.8 Å². The van der Waals surface area contributed by atoms with Crippen molar-refractivity contribution in [2.24, 2.45) is 0 Å². The second kappa shape index (κ2) is 9.72. The Morgan fingerprint density at radius 1 is 1.05 bits per heavy atom. The van der Waals surface area contributed by atoms with E-state index in [0.717, 1.165) is 30.5 Å². The van der Waals surface area contributed by atoms with Crippen molar-refractivity contribution in [3.63, 3.8) is 0 Å². The smallest absolute Gasteiger partial charge is 0.229 e. The van der Waals surface area contributed by atoms with Gasteiger partial charge in [-0.25, -0.2) is 31.3 Å². The number of carbonyl (C=O) groups excluding carboxylic acids is 1. The minimum Gasteiger partial charge on any atom is -0.439 e. The number of carbonyl (C=O) groups is 1. The van der Waals surface area contributed by atoms with Crippen molar-refractivity contribution in [1.29, 1.82) is 0 Å². The topological polar surface area (TPSA) is 145 Å². The molecule has 0 spiro atoms. The van der Waals surface area contributed by atoms with Gasteiger partial charge in [-0.1, -0.05) is 0 Å². The Labute approximate surface area is 225 Å². The predicted octanol–water partition coefficient (Wildman–Crippen LogP) is 4.76. The molecular weight excluding hydrogens is 549 g/mol. The average molecular weight is 571 g/mol. The third-order valence-electron chi connectivity index (χ3n) is 5.90. The standard InChI is InChI=1S/C26H21F3N6O4S/c1-12-4-23(39-17-8-15(27)7-16(28)9-17)32-13(2)24(12)35-26(30)18(11-31-35)25(36)22-6-14-5-19(29)21(10-20(14)33-22)34-40(3,37)38/h4-11,33-34H,30H2,1-3H3. The lowest BCUT2D eigenvalue weighted by Gasteiger charge is -2.14. The third-order valence-corrected chi connectivity index (χ3v) is 6.49. The number of anilines is 2. The number of pyridine rings is 1. The maximum atomic E-state index is 14.4. The number of nitrogens with two attached hydrogens (primary N) is 1. The van der Waals surface area contributed by atoms with Crippen LogP contribution in [-0.4, -0.2) is 40.2 Å². The first-order chi connectivity index (χ1) is 18.8. The fourth-order valence-electron chi connectivity index (χ4n) is 4.28. The molecule has 0 bridgehead atoms. The van der Waals surface area contributed by atoms with Crippen molar-refractivity contribution in [3.8, 4) is 17.3 Å². The first-order valence-corrected chi connectivity index (χ1v) is 13.5. The Bertz CT molecular complexity index is 1890. The average Bonchev–Trinajstić information content (AvgIpc) is 3.40. The molecule has 0 saturated heterocycles. The highest BCUT2D eigenvalue weighted by molar-refractivity contribution is 7.92. The third kappa shape index (κ3) is 5.20. The van der Waals surface area contributed by atoms with Gasteiger partial charge in [0.25, 0.3) is 0 Å². The summed E-state index contributed by atoms with van der Waals surface area (Å²) in [7, 11) is -3.72. The summed E-state index contributed by atoms with van der Waals surface area (Å²) in [6.45, 7) is 3.37. The zero-order chi connectivity index (χ0) is 28.9. The van der Waals surface area contributed by atoms with Crippen LogP contribution in [0.4, 0.5) is 24.7 Å². The molecule has 0 aliphatic carbocycles. The van der Waals surface area contributed by atoms with Crippen LogP contribution < -0.4 is 15.2 Å². The molecule has 0 radical (unpaired) electrons. The summed E-state index contributed by atoms with van der Waals surface area (Å²) in [6.07, 6.45) is 2.17. The van der Waals surface area contributed by atoms with Crippen LogP contribution in [0.3, 0.4) is 0 Å². The van der Waals surface area contributed by atoms with E-state index in [1.165, 1.54) is 29.1 Å². The van der Waals surface area contributed by atoms with Gasteiger partial charge < -0.3 is 15.5 Å². The number of fused-ring (bicyclic) bond motifs is 1. The quantitative estimate of drug-likeness (QED) is 0.239. The maximum Gasteiger partial charge on any atom is 0.229 e. The van der Waals surface area contributed by atoms with Crippen LogP contribution in [0.1, 0.15) is 27.3 Å². The van der Waals surface area contributed by atoms with Crippen LogP contribution in [0.25, 0.3) is 16.6 Å². The van der Waals surface area contributed by atoms with E-state index in [9.17, 15) is 26.4 Å². The monoisotopic (exact) mass is 570 g/mol. The first-order valence-electron chi connectivity index (χ1n) is 11.6. The van der Waals surface area contributed by atoms with Crippen LogP contribution >= 0.6 is 0 Å². The Morgan fingerprint density at radius 3 is 2.40 bits per heavy atom. The molecule has 0 fully saturated rings. The van der Waals surface area contributed by atoms with E-state index < -0.39 is 33.3 Å². The molecular formula is C26H21F3N6O4S. The Morgan fingerprint density at radius 2 is 1.75 bits per heavy atom. The van der Waals surface area contributed by atoms with E-state index in [-0.39, 0.29) is 34.4 Å². The summed E-state index contributed by atoms with van der Waals surface area (Å²) in [5, 5.41) is 4.60. The van der Waals surface area contributed by atoms with E-state index in [0.29, 0.717) is 27.8 Å². The van der Waals surface area contributed by atoms with E-state index in [1.807, 2.05) is 0 Å². The molecule has 3 aromatic heterocycles. The highest BCUT2D eigenvalue weighted by Crippen LogP contribution is 2.30. The number of benzene rings is 2. The van der Waals surface area contributed by atoms with Gasteiger partial charge in [-0.15, -0.1) is 0 Å². The van der Waals surface area contributed by atoms with Crippen LogP contribution in [0, 0.1) is 31.3 Å². The molecule has 0 aliphatic heterocycles. The summed E-state index contributed by atoms with van der Waals surface area (Å²) in [5.41, 5.74) is 7.96. The van der Waals surface area contributed by atoms with Crippen LogP contribution in [0.15, 0.2) is 48.7 Å². The summed E-state index contributed by atoms with van der Waals surface area (Å²) in [4.78, 5) is 20.5. The number of nitrogen functional groups attached to an aromatic ring is 1. The minimum atomic E-state index is -3.72. The fraction of sp³-hybridized carbons (Fsp3) is 0.115. The molecule has 0 amide bonds. The normalized spacial score (nSPS) is 11.7. The zero-order valence-corrected chi connectivity index (χ0v) is 22.0. The number of ether oxygens (including phenoxy) is 1. The van der Waals surface area contributed by atoms with Crippen LogP contribution in [0.2, 0.25) is 0 Å². The molecule has 0 aliphatic rings. The Kier molecular flexibility index (Phi) is 6.50. The van der Waals surface area contributed by atoms with E-state index in [2.05, 4.69) is 19.8 Å². The number of sulfonamides is 1. The largest absolute Gasteiger partial charge is 0.439 e. The van der Waals surface area contributed by atoms with Gasteiger partial charge in [-0.05, 0) is 37.6 Å². The van der Waals surface area contributed by atoms with Gasteiger partial charge >= 0.3 is 0 Å². The van der Waals surface area contributed by atoms with Gasteiger partial charge in [0.15, 0.2) is 0 Å². The van der Waals surface area contributed by atoms with E-state index in [4.69, 9.17) is 10.5 Å². The summed E-state index contributed by atoms with van der Waals surface area (Å²) < 4.78 is 73.4. The number of halogens is 3. The number of aromatic nitrogens is 4. The van der Waals surface area contributed by atoms with Crippen molar-refractivity contribution in [2.45, 2.75) is 13.8 Å². The number of hydrogen-bond donors (Lipinski definition) is 3. The Balaban J connectivity index is 1.46. The van der Waals surface area contributed by atoms with Crippen molar-refractivity contribution >= 4 is 38.2 Å². The van der Waals surface area contributed by atoms with E-state index in [1.54, 1.807) is 13.8 Å². The number of nitrogens with zero attached hydrogens (tertiary/aromatic N) is 3. The van der Waals surface area contributed by atoms with Gasteiger partial charge in [0.2, 0.25) is 21.7 Å². The molecule has 2 aromatic carbocycles. The zero-order valence-electron chi connectivity index (χ0n) is 21.2. The lowest BCUT2D eigenvalue weighted by atomic mass is 10.1. The van der Waals surface area contributed by atoms with Crippen LogP contribution in [0.5, 0.6) is 11.6 Å². The number of hydrogen-bond acceptors (Lipinski definition) is 7. The lowest BCUT2D eigenvalue weighted by Crippen LogP contribution is -2.10. The molecule has 0 saturated carbocycles. The van der Waals surface area contributed by atoms with Gasteiger partial charge in [-0.2, -0.15) is 5.10 Å². The molecule has 5 rings (SSSR count). The second-order valence-corrected chi connectivity index (χ2v) is 10.8. The molecule has 14 heteroatoms. The number of nitrogens with one attached hydrogen (secondary N) is 2.